The lowest BCUT2D eigenvalue weighted by Crippen LogP contribution is -2.36. The van der Waals surface area contributed by atoms with Crippen molar-refractivity contribution in [3.05, 3.63) is 22.4 Å². The maximum Gasteiger partial charge on any atom is 0.389 e. The average Bonchev–Trinajstić information content (AvgIpc) is 2.66. The van der Waals surface area contributed by atoms with Gasteiger partial charge in [0.1, 0.15) is 0 Å². The molecule has 6 nitrogen and oxygen atoms in total. The molecule has 0 bridgehead atoms. The molecule has 0 atom stereocenters. The van der Waals surface area contributed by atoms with Gasteiger partial charge in [-0.15, -0.1) is 0 Å². The van der Waals surface area contributed by atoms with Crippen LogP contribution in [-0.4, -0.2) is 25.4 Å². The van der Waals surface area contributed by atoms with Gasteiger partial charge in [-0.3, -0.25) is 0 Å². The highest BCUT2D eigenvalue weighted by Crippen LogP contribution is 2.29. The first-order chi connectivity index (χ1) is 7.59. The van der Waals surface area contributed by atoms with Gasteiger partial charge in [-0.05, 0) is 17.8 Å². The maximum absolute atomic E-state index is 10.5. The van der Waals surface area contributed by atoms with E-state index in [-0.39, 0.29) is 5.82 Å². The Balaban J connectivity index is 2.04. The van der Waals surface area contributed by atoms with Crippen LogP contribution in [0.25, 0.3) is 0 Å². The van der Waals surface area contributed by atoms with E-state index in [9.17, 15) is 15.2 Å². The van der Waals surface area contributed by atoms with Crippen LogP contribution in [0.4, 0.5) is 5.82 Å². The first-order valence-electron chi connectivity index (χ1n) is 5.49. The zero-order valence-corrected chi connectivity index (χ0v) is 9.00. The van der Waals surface area contributed by atoms with Crippen molar-refractivity contribution < 1.29 is 10.0 Å². The Morgan fingerprint density at radius 2 is 2.19 bits per heavy atom. The van der Waals surface area contributed by atoms with Crippen molar-refractivity contribution in [1.82, 2.24) is 9.78 Å². The zero-order chi connectivity index (χ0) is 11.6. The molecule has 0 unspecified atom stereocenters. The van der Waals surface area contributed by atoms with Gasteiger partial charge in [-0.25, -0.2) is 0 Å². The van der Waals surface area contributed by atoms with Gasteiger partial charge in [0.15, 0.2) is 0 Å². The first kappa shape index (κ1) is 11.1. The molecule has 0 spiro atoms. The fourth-order valence-electron chi connectivity index (χ4n) is 2.21. The molecule has 88 valence electrons. The predicted octanol–water partition coefficient (Wildman–Crippen LogP) is 1.49. The van der Waals surface area contributed by atoms with E-state index in [0.717, 1.165) is 32.1 Å². The average molecular weight is 225 g/mol. The molecule has 0 aliphatic heterocycles. The minimum atomic E-state index is -0.738. The van der Waals surface area contributed by atoms with Crippen molar-refractivity contribution in [1.29, 1.82) is 0 Å². The molecule has 2 rings (SSSR count). The summed E-state index contributed by atoms with van der Waals surface area (Å²) in [5.74, 6) is -0.167. The number of aliphatic hydroxyl groups is 1. The highest BCUT2D eigenvalue weighted by atomic mass is 16.6. The van der Waals surface area contributed by atoms with Crippen molar-refractivity contribution in [3.8, 4) is 0 Å². The molecule has 1 aliphatic rings. The van der Waals surface area contributed by atoms with Crippen LogP contribution in [0.2, 0.25) is 0 Å². The quantitative estimate of drug-likeness (QED) is 0.624. The molecule has 1 aliphatic carbocycles. The van der Waals surface area contributed by atoms with Crippen LogP contribution >= 0.6 is 0 Å². The maximum atomic E-state index is 10.5. The summed E-state index contributed by atoms with van der Waals surface area (Å²) in [6.45, 7) is 0.348. The third-order valence-corrected chi connectivity index (χ3v) is 3.05. The number of hydrogen-bond acceptors (Lipinski definition) is 4. The fraction of sp³-hybridized carbons (Fsp3) is 0.700. The van der Waals surface area contributed by atoms with Crippen LogP contribution in [0.1, 0.15) is 32.1 Å². The van der Waals surface area contributed by atoms with Gasteiger partial charge in [0, 0.05) is 0 Å². The zero-order valence-electron chi connectivity index (χ0n) is 9.00. The molecule has 0 saturated heterocycles. The Kier molecular flexibility index (Phi) is 2.91. The van der Waals surface area contributed by atoms with Crippen molar-refractivity contribution in [2.75, 3.05) is 0 Å². The molecule has 1 aromatic rings. The standard InChI is InChI=1S/C10H15N3O3/c14-10(5-2-1-3-6-10)8-12-7-4-9(11-12)13(15)16/h4,7,14H,1-3,5-6,8H2. The first-order valence-corrected chi connectivity index (χ1v) is 5.49. The van der Waals surface area contributed by atoms with Crippen molar-refractivity contribution >= 4 is 5.82 Å². The van der Waals surface area contributed by atoms with Gasteiger partial charge in [-0.2, -0.15) is 4.68 Å². The second kappa shape index (κ2) is 4.21. The lowest BCUT2D eigenvalue weighted by atomic mass is 9.85. The summed E-state index contributed by atoms with van der Waals surface area (Å²) >= 11 is 0. The third kappa shape index (κ3) is 2.38. The number of nitrogens with zero attached hydrogens (tertiary/aromatic N) is 3. The Morgan fingerprint density at radius 1 is 1.50 bits per heavy atom. The second-order valence-electron chi connectivity index (χ2n) is 4.41. The van der Waals surface area contributed by atoms with Crippen LogP contribution in [0, 0.1) is 10.1 Å². The molecular formula is C10H15N3O3. The molecule has 1 N–H and O–H groups in total. The van der Waals surface area contributed by atoms with E-state index >= 15 is 0 Å². The molecule has 1 saturated carbocycles. The largest absolute Gasteiger partial charge is 0.389 e. The Morgan fingerprint density at radius 3 is 2.75 bits per heavy atom. The van der Waals surface area contributed by atoms with E-state index in [4.69, 9.17) is 0 Å². The summed E-state index contributed by atoms with van der Waals surface area (Å²) in [4.78, 5) is 9.93. The molecule has 1 heterocycles. The van der Waals surface area contributed by atoms with Crippen LogP contribution in [0.5, 0.6) is 0 Å². The summed E-state index contributed by atoms with van der Waals surface area (Å²) in [6, 6.07) is 1.35. The van der Waals surface area contributed by atoms with E-state index in [1.54, 1.807) is 6.20 Å². The van der Waals surface area contributed by atoms with E-state index in [2.05, 4.69) is 5.10 Å². The van der Waals surface area contributed by atoms with Gasteiger partial charge in [-0.1, -0.05) is 19.3 Å². The minimum absolute atomic E-state index is 0.167. The Bertz CT molecular complexity index is 382. The molecule has 0 amide bonds. The highest BCUT2D eigenvalue weighted by molar-refractivity contribution is 5.14. The smallest absolute Gasteiger partial charge is 0.388 e. The molecule has 0 aromatic carbocycles. The number of aromatic nitrogens is 2. The summed E-state index contributed by atoms with van der Waals surface area (Å²) in [5, 5.41) is 24.5. The van der Waals surface area contributed by atoms with Gasteiger partial charge in [0.25, 0.3) is 0 Å². The lowest BCUT2D eigenvalue weighted by Gasteiger charge is -2.30. The SMILES string of the molecule is O=[N+]([O-])c1ccn(CC2(O)CCCCC2)n1. The summed E-state index contributed by atoms with van der Waals surface area (Å²) in [6.07, 6.45) is 6.23. The topological polar surface area (TPSA) is 81.2 Å². The summed E-state index contributed by atoms with van der Waals surface area (Å²) in [7, 11) is 0. The molecule has 1 fully saturated rings. The summed E-state index contributed by atoms with van der Waals surface area (Å²) < 4.78 is 1.46. The van der Waals surface area contributed by atoms with E-state index < -0.39 is 10.5 Å². The molecular weight excluding hydrogens is 210 g/mol. The monoisotopic (exact) mass is 225 g/mol. The van der Waals surface area contributed by atoms with Crippen LogP contribution in [0.3, 0.4) is 0 Å². The predicted molar refractivity (Wildman–Crippen MR) is 56.9 cm³/mol. The van der Waals surface area contributed by atoms with Crippen LogP contribution in [0.15, 0.2) is 12.3 Å². The second-order valence-corrected chi connectivity index (χ2v) is 4.41. The molecule has 1 aromatic heterocycles. The van der Waals surface area contributed by atoms with Crippen LogP contribution < -0.4 is 0 Å². The summed E-state index contributed by atoms with van der Waals surface area (Å²) in [5.41, 5.74) is -0.738. The van der Waals surface area contributed by atoms with Gasteiger partial charge in [0.2, 0.25) is 0 Å². The molecule has 6 heteroatoms. The van der Waals surface area contributed by atoms with Crippen LogP contribution in [-0.2, 0) is 6.54 Å². The van der Waals surface area contributed by atoms with Crippen molar-refractivity contribution in [2.24, 2.45) is 0 Å². The Labute approximate surface area is 93.0 Å². The van der Waals surface area contributed by atoms with Crippen molar-refractivity contribution in [3.63, 3.8) is 0 Å². The normalized spacial score (nSPS) is 19.6. The number of rotatable bonds is 3. The third-order valence-electron chi connectivity index (χ3n) is 3.05. The van der Waals surface area contributed by atoms with Crippen molar-refractivity contribution in [2.45, 2.75) is 44.2 Å². The number of nitro groups is 1. The minimum Gasteiger partial charge on any atom is -0.388 e. The van der Waals surface area contributed by atoms with E-state index in [1.807, 2.05) is 0 Å². The molecule has 16 heavy (non-hydrogen) atoms. The van der Waals surface area contributed by atoms with Gasteiger partial charge in [0.05, 0.1) is 29.5 Å². The van der Waals surface area contributed by atoms with E-state index in [0.29, 0.717) is 6.54 Å². The lowest BCUT2D eigenvalue weighted by molar-refractivity contribution is -0.389. The Hall–Kier alpha value is -1.43. The van der Waals surface area contributed by atoms with Gasteiger partial charge < -0.3 is 15.2 Å². The number of hydrogen-bond donors (Lipinski definition) is 1. The van der Waals surface area contributed by atoms with Gasteiger partial charge >= 0.3 is 5.82 Å². The highest BCUT2D eigenvalue weighted by Gasteiger charge is 2.31. The molecule has 0 radical (unpaired) electrons. The van der Waals surface area contributed by atoms with E-state index in [1.165, 1.54) is 10.7 Å². The fourth-order valence-corrected chi connectivity index (χ4v) is 2.21.